The van der Waals surface area contributed by atoms with Crippen molar-refractivity contribution >= 4 is 29.0 Å². The molecule has 2 aromatic heterocycles. The molecule has 1 aliphatic rings. The highest BCUT2D eigenvalue weighted by molar-refractivity contribution is 5.76. The Labute approximate surface area is 195 Å². The van der Waals surface area contributed by atoms with E-state index in [-0.39, 0.29) is 11.6 Å². The van der Waals surface area contributed by atoms with Crippen LogP contribution in [0.3, 0.4) is 0 Å². The van der Waals surface area contributed by atoms with E-state index in [1.54, 1.807) is 18.5 Å². The Morgan fingerprint density at radius 2 is 1.91 bits per heavy atom. The highest BCUT2D eigenvalue weighted by Gasteiger charge is 2.38. The molecule has 2 aromatic rings. The summed E-state index contributed by atoms with van der Waals surface area (Å²) in [5.41, 5.74) is 7.05. The first-order chi connectivity index (χ1) is 16.0. The minimum Gasteiger partial charge on any atom is -0.475 e. The van der Waals surface area contributed by atoms with Gasteiger partial charge in [-0.1, -0.05) is 5.92 Å². The number of fused-ring (bicyclic) bond motifs is 1. The van der Waals surface area contributed by atoms with E-state index in [0.29, 0.717) is 23.7 Å². The summed E-state index contributed by atoms with van der Waals surface area (Å²) in [4.78, 5) is 35.8. The molecule has 0 bridgehead atoms. The van der Waals surface area contributed by atoms with Crippen molar-refractivity contribution in [1.82, 2.24) is 19.1 Å². The van der Waals surface area contributed by atoms with Gasteiger partial charge in [0, 0.05) is 39.3 Å². The number of anilines is 2. The molecule has 1 saturated heterocycles. The number of aliphatic carboxylic acids is 1. The van der Waals surface area contributed by atoms with E-state index in [0.717, 1.165) is 45.0 Å². The number of nitrogens with two attached hydrogens (primary N) is 1. The van der Waals surface area contributed by atoms with Gasteiger partial charge in [-0.3, -0.25) is 13.9 Å². The van der Waals surface area contributed by atoms with E-state index in [1.807, 2.05) is 4.57 Å². The molecule has 1 atom stereocenters. The Bertz CT molecular complexity index is 1130. The fourth-order valence-electron chi connectivity index (χ4n) is 3.67. The maximum atomic E-state index is 13.2. The number of rotatable bonds is 5. The second-order valence-corrected chi connectivity index (χ2v) is 7.70. The summed E-state index contributed by atoms with van der Waals surface area (Å²) in [6.07, 6.45) is -3.06. The lowest BCUT2D eigenvalue weighted by Crippen LogP contribution is -2.44. The van der Waals surface area contributed by atoms with Gasteiger partial charge in [-0.2, -0.15) is 23.1 Å². The van der Waals surface area contributed by atoms with Crippen LogP contribution in [0.25, 0.3) is 11.2 Å². The largest absolute Gasteiger partial charge is 0.490 e. The van der Waals surface area contributed by atoms with Crippen molar-refractivity contribution in [3.63, 3.8) is 0 Å². The third-order valence-electron chi connectivity index (χ3n) is 5.39. The lowest BCUT2D eigenvalue weighted by molar-refractivity contribution is -0.192. The SMILES string of the molecule is CC#CCn1c(N2CCCC(N)C2)nc2nc(N(CC)CC)n(C)c(=O)c21.O=C(O)C(F)(F)F. The van der Waals surface area contributed by atoms with E-state index in [2.05, 4.69) is 35.5 Å². The van der Waals surface area contributed by atoms with E-state index >= 15 is 0 Å². The monoisotopic (exact) mass is 485 g/mol. The molecule has 10 nitrogen and oxygen atoms in total. The van der Waals surface area contributed by atoms with Crippen LogP contribution >= 0.6 is 0 Å². The number of imidazole rings is 1. The van der Waals surface area contributed by atoms with Crippen molar-refractivity contribution in [3.8, 4) is 11.8 Å². The predicted molar refractivity (Wildman–Crippen MR) is 123 cm³/mol. The van der Waals surface area contributed by atoms with E-state index in [9.17, 15) is 18.0 Å². The van der Waals surface area contributed by atoms with Crippen LogP contribution in [0.5, 0.6) is 0 Å². The van der Waals surface area contributed by atoms with Crippen LogP contribution in [0.4, 0.5) is 25.1 Å². The molecular formula is C21H30F3N7O3. The molecule has 3 heterocycles. The zero-order chi connectivity index (χ0) is 25.6. The zero-order valence-corrected chi connectivity index (χ0v) is 19.7. The van der Waals surface area contributed by atoms with Gasteiger partial charge in [0.2, 0.25) is 11.9 Å². The molecule has 1 unspecified atom stereocenters. The van der Waals surface area contributed by atoms with Gasteiger partial charge in [-0.05, 0) is 33.6 Å². The van der Waals surface area contributed by atoms with Gasteiger partial charge >= 0.3 is 12.1 Å². The highest BCUT2D eigenvalue weighted by Crippen LogP contribution is 2.24. The third-order valence-corrected chi connectivity index (χ3v) is 5.39. The van der Waals surface area contributed by atoms with Gasteiger partial charge in [-0.25, -0.2) is 4.79 Å². The van der Waals surface area contributed by atoms with Crippen LogP contribution in [0.15, 0.2) is 4.79 Å². The Morgan fingerprint density at radius 1 is 1.29 bits per heavy atom. The second-order valence-electron chi connectivity index (χ2n) is 7.70. The number of aromatic nitrogens is 4. The fraction of sp³-hybridized carbons (Fsp3) is 0.619. The first-order valence-corrected chi connectivity index (χ1v) is 10.9. The van der Waals surface area contributed by atoms with E-state index in [1.165, 1.54) is 0 Å². The van der Waals surface area contributed by atoms with Crippen LogP contribution in [0, 0.1) is 11.8 Å². The summed E-state index contributed by atoms with van der Waals surface area (Å²) in [5, 5.41) is 7.12. The molecular weight excluding hydrogens is 455 g/mol. The number of halogens is 3. The van der Waals surface area contributed by atoms with Gasteiger partial charge < -0.3 is 20.6 Å². The van der Waals surface area contributed by atoms with Crippen LogP contribution in [0.1, 0.15) is 33.6 Å². The van der Waals surface area contributed by atoms with Crippen molar-refractivity contribution in [2.75, 3.05) is 36.0 Å². The van der Waals surface area contributed by atoms with Crippen molar-refractivity contribution in [1.29, 1.82) is 0 Å². The first kappa shape index (κ1) is 27.0. The average Bonchev–Trinajstić information content (AvgIpc) is 3.14. The number of hydrogen-bond donors (Lipinski definition) is 2. The summed E-state index contributed by atoms with van der Waals surface area (Å²) in [6.45, 7) is 9.47. The smallest absolute Gasteiger partial charge is 0.475 e. The van der Waals surface area contributed by atoms with Gasteiger partial charge in [0.15, 0.2) is 11.2 Å². The zero-order valence-electron chi connectivity index (χ0n) is 19.7. The molecule has 13 heteroatoms. The number of nitrogens with zero attached hydrogens (tertiary/aromatic N) is 6. The highest BCUT2D eigenvalue weighted by atomic mass is 19.4. The number of carbonyl (C=O) groups is 1. The number of hydrogen-bond acceptors (Lipinski definition) is 7. The van der Waals surface area contributed by atoms with Gasteiger partial charge in [0.25, 0.3) is 5.56 Å². The molecule has 0 saturated carbocycles. The molecule has 0 radical (unpaired) electrons. The number of carboxylic acid groups (broad SMARTS) is 1. The third kappa shape index (κ3) is 5.99. The summed E-state index contributed by atoms with van der Waals surface area (Å²) in [7, 11) is 1.77. The fourth-order valence-corrected chi connectivity index (χ4v) is 3.67. The minimum absolute atomic E-state index is 0.0974. The van der Waals surface area contributed by atoms with Crippen LogP contribution in [-0.4, -0.2) is 68.6 Å². The predicted octanol–water partition coefficient (Wildman–Crippen LogP) is 1.56. The quantitative estimate of drug-likeness (QED) is 0.612. The Morgan fingerprint density at radius 3 is 2.41 bits per heavy atom. The summed E-state index contributed by atoms with van der Waals surface area (Å²) >= 11 is 0. The average molecular weight is 486 g/mol. The molecule has 1 fully saturated rings. The number of piperidine rings is 1. The van der Waals surface area contributed by atoms with E-state index < -0.39 is 12.1 Å². The summed E-state index contributed by atoms with van der Waals surface area (Å²) in [5.74, 6) is 4.61. The Hall–Kier alpha value is -3.27. The molecule has 3 rings (SSSR count). The summed E-state index contributed by atoms with van der Waals surface area (Å²) < 4.78 is 35.2. The number of carboxylic acids is 1. The summed E-state index contributed by atoms with van der Waals surface area (Å²) in [6, 6.07) is 0.117. The molecule has 34 heavy (non-hydrogen) atoms. The van der Waals surface area contributed by atoms with Crippen molar-refractivity contribution < 1.29 is 23.1 Å². The molecule has 0 amide bonds. The molecule has 1 aliphatic heterocycles. The van der Waals surface area contributed by atoms with E-state index in [4.69, 9.17) is 25.6 Å². The first-order valence-electron chi connectivity index (χ1n) is 10.9. The van der Waals surface area contributed by atoms with Crippen LogP contribution < -0.4 is 21.1 Å². The van der Waals surface area contributed by atoms with Crippen molar-refractivity contribution in [3.05, 3.63) is 10.4 Å². The maximum absolute atomic E-state index is 13.2. The second kappa shape index (κ2) is 11.2. The van der Waals surface area contributed by atoms with Gasteiger partial charge in [0.05, 0.1) is 6.54 Å². The maximum Gasteiger partial charge on any atom is 0.490 e. The van der Waals surface area contributed by atoms with Crippen molar-refractivity contribution in [2.45, 2.75) is 52.4 Å². The molecule has 3 N–H and O–H groups in total. The van der Waals surface area contributed by atoms with Gasteiger partial charge in [-0.15, -0.1) is 5.92 Å². The normalized spacial score (nSPS) is 15.9. The molecule has 0 aliphatic carbocycles. The van der Waals surface area contributed by atoms with Gasteiger partial charge in [0.1, 0.15) is 0 Å². The Kier molecular flexibility index (Phi) is 8.92. The lowest BCUT2D eigenvalue weighted by Gasteiger charge is -2.31. The minimum atomic E-state index is -5.08. The molecule has 188 valence electrons. The Balaban J connectivity index is 0.000000509. The lowest BCUT2D eigenvalue weighted by atomic mass is 10.1. The standard InChI is InChI=1S/C19H29N7O.C2HF3O2/c1-5-8-12-26-15-16(22-19(26)25-11-9-10-14(20)13-25)21-18(23(4)17(15)27)24(6-2)7-3;3-2(4,5)1(6)7/h14H,6-7,9-13,20H2,1-4H3;(H,6,7). The number of alkyl halides is 3. The van der Waals surface area contributed by atoms with Crippen LogP contribution in [-0.2, 0) is 18.4 Å². The topological polar surface area (TPSA) is 123 Å². The van der Waals surface area contributed by atoms with Crippen molar-refractivity contribution in [2.24, 2.45) is 12.8 Å². The molecule has 0 aromatic carbocycles. The molecule has 0 spiro atoms. The van der Waals surface area contributed by atoms with Crippen LogP contribution in [0.2, 0.25) is 0 Å².